The summed E-state index contributed by atoms with van der Waals surface area (Å²) in [4.78, 5) is 19.9. The number of hydrogen-bond acceptors (Lipinski definition) is 6. The van der Waals surface area contributed by atoms with Crippen molar-refractivity contribution in [3.05, 3.63) is 12.0 Å². The fourth-order valence-corrected chi connectivity index (χ4v) is 1.80. The molecule has 0 amide bonds. The summed E-state index contributed by atoms with van der Waals surface area (Å²) in [5, 5.41) is 3.26. The van der Waals surface area contributed by atoms with E-state index in [1.165, 1.54) is 0 Å². The zero-order valence-corrected chi connectivity index (χ0v) is 14.0. The van der Waals surface area contributed by atoms with Gasteiger partial charge in [-0.25, -0.2) is 9.97 Å². The highest BCUT2D eigenvalue weighted by molar-refractivity contribution is 5.69. The SMILES string of the molecule is CCCCNc1nc(C)ncc1OCCCC(=O)OC(C)C. The molecule has 1 rings (SSSR count). The third kappa shape index (κ3) is 7.24. The molecule has 0 aliphatic rings. The van der Waals surface area contributed by atoms with Crippen LogP contribution in [0.2, 0.25) is 0 Å². The van der Waals surface area contributed by atoms with Gasteiger partial charge in [0.2, 0.25) is 0 Å². The lowest BCUT2D eigenvalue weighted by molar-refractivity contribution is -0.147. The van der Waals surface area contributed by atoms with Crippen molar-refractivity contribution >= 4 is 11.8 Å². The van der Waals surface area contributed by atoms with E-state index in [9.17, 15) is 4.79 Å². The number of unbranched alkanes of at least 4 members (excludes halogenated alkanes) is 1. The smallest absolute Gasteiger partial charge is 0.306 e. The van der Waals surface area contributed by atoms with Crippen molar-refractivity contribution in [2.75, 3.05) is 18.5 Å². The Balaban J connectivity index is 2.42. The van der Waals surface area contributed by atoms with Crippen molar-refractivity contribution in [1.29, 1.82) is 0 Å². The van der Waals surface area contributed by atoms with Gasteiger partial charge < -0.3 is 14.8 Å². The largest absolute Gasteiger partial charge is 0.488 e. The standard InChI is InChI=1S/C16H27N3O3/c1-5-6-9-17-16-14(11-18-13(4)19-16)21-10-7-8-15(20)22-12(2)3/h11-12H,5-10H2,1-4H3,(H,17,18,19). The number of aromatic nitrogens is 2. The molecule has 0 atom stereocenters. The van der Waals surface area contributed by atoms with Gasteiger partial charge >= 0.3 is 5.97 Å². The fourth-order valence-electron chi connectivity index (χ4n) is 1.80. The van der Waals surface area contributed by atoms with Gasteiger partial charge in [0.05, 0.1) is 18.9 Å². The van der Waals surface area contributed by atoms with Gasteiger partial charge in [-0.15, -0.1) is 0 Å². The molecule has 0 radical (unpaired) electrons. The quantitative estimate of drug-likeness (QED) is 0.529. The van der Waals surface area contributed by atoms with Gasteiger partial charge in [-0.2, -0.15) is 0 Å². The molecule has 1 aromatic heterocycles. The van der Waals surface area contributed by atoms with E-state index in [0.717, 1.165) is 19.4 Å². The molecule has 1 aromatic rings. The Morgan fingerprint density at radius 2 is 2.14 bits per heavy atom. The van der Waals surface area contributed by atoms with E-state index >= 15 is 0 Å². The number of hydrogen-bond donors (Lipinski definition) is 1. The summed E-state index contributed by atoms with van der Waals surface area (Å²) < 4.78 is 10.8. The number of ether oxygens (including phenoxy) is 2. The molecule has 1 N–H and O–H groups in total. The highest BCUT2D eigenvalue weighted by atomic mass is 16.5. The lowest BCUT2D eigenvalue weighted by Crippen LogP contribution is -2.13. The average molecular weight is 309 g/mol. The minimum absolute atomic E-state index is 0.0757. The Bertz CT molecular complexity index is 464. The maximum absolute atomic E-state index is 11.4. The molecule has 6 heteroatoms. The molecule has 0 fully saturated rings. The zero-order chi connectivity index (χ0) is 16.4. The molecule has 1 heterocycles. The van der Waals surface area contributed by atoms with E-state index < -0.39 is 0 Å². The van der Waals surface area contributed by atoms with Gasteiger partial charge in [-0.1, -0.05) is 13.3 Å². The van der Waals surface area contributed by atoms with Crippen molar-refractivity contribution in [2.24, 2.45) is 0 Å². The molecule has 6 nitrogen and oxygen atoms in total. The second-order valence-corrected chi connectivity index (χ2v) is 5.40. The second kappa shape index (κ2) is 9.97. The summed E-state index contributed by atoms with van der Waals surface area (Å²) in [6, 6.07) is 0. The molecule has 0 bridgehead atoms. The third-order valence-corrected chi connectivity index (χ3v) is 2.85. The maximum atomic E-state index is 11.4. The summed E-state index contributed by atoms with van der Waals surface area (Å²) in [7, 11) is 0. The van der Waals surface area contributed by atoms with Gasteiger partial charge in [0.25, 0.3) is 0 Å². The highest BCUT2D eigenvalue weighted by Gasteiger charge is 2.08. The first-order chi connectivity index (χ1) is 10.5. The van der Waals surface area contributed by atoms with E-state index in [-0.39, 0.29) is 12.1 Å². The van der Waals surface area contributed by atoms with E-state index in [4.69, 9.17) is 9.47 Å². The Labute approximate surface area is 132 Å². The number of aryl methyl sites for hydroxylation is 1. The number of nitrogens with zero attached hydrogens (tertiary/aromatic N) is 2. The van der Waals surface area contributed by atoms with Crippen molar-refractivity contribution in [1.82, 2.24) is 9.97 Å². The number of carbonyl (C=O) groups excluding carboxylic acids is 1. The van der Waals surface area contributed by atoms with E-state index in [0.29, 0.717) is 36.8 Å². The number of anilines is 1. The van der Waals surface area contributed by atoms with Crippen LogP contribution in [0.3, 0.4) is 0 Å². The zero-order valence-electron chi connectivity index (χ0n) is 14.0. The molecule has 0 aliphatic heterocycles. The van der Waals surface area contributed by atoms with E-state index in [1.54, 1.807) is 6.20 Å². The maximum Gasteiger partial charge on any atom is 0.306 e. The molecular formula is C16H27N3O3. The molecule has 0 saturated carbocycles. The number of esters is 1. The van der Waals surface area contributed by atoms with Crippen LogP contribution in [0.25, 0.3) is 0 Å². The summed E-state index contributed by atoms with van der Waals surface area (Å²) in [6.45, 7) is 8.95. The van der Waals surface area contributed by atoms with Crippen molar-refractivity contribution in [2.45, 2.75) is 59.5 Å². The Kier molecular flexibility index (Phi) is 8.25. The van der Waals surface area contributed by atoms with Gasteiger partial charge in [0, 0.05) is 13.0 Å². The van der Waals surface area contributed by atoms with Crippen molar-refractivity contribution in [3.8, 4) is 5.75 Å². The molecule has 0 aromatic carbocycles. The first kappa shape index (κ1) is 18.2. The van der Waals surface area contributed by atoms with Crippen molar-refractivity contribution < 1.29 is 14.3 Å². The Hall–Kier alpha value is -1.85. The van der Waals surface area contributed by atoms with Crippen LogP contribution < -0.4 is 10.1 Å². The molecule has 0 aliphatic carbocycles. The van der Waals surface area contributed by atoms with E-state index in [1.807, 2.05) is 20.8 Å². The Morgan fingerprint density at radius 1 is 1.36 bits per heavy atom. The number of rotatable bonds is 10. The first-order valence-corrected chi connectivity index (χ1v) is 7.92. The molecule has 0 spiro atoms. The van der Waals surface area contributed by atoms with Crippen molar-refractivity contribution in [3.63, 3.8) is 0 Å². The van der Waals surface area contributed by atoms with Gasteiger partial charge in [0.1, 0.15) is 5.82 Å². The Morgan fingerprint density at radius 3 is 2.82 bits per heavy atom. The fraction of sp³-hybridized carbons (Fsp3) is 0.688. The predicted molar refractivity (Wildman–Crippen MR) is 86.1 cm³/mol. The molecule has 0 unspecified atom stereocenters. The summed E-state index contributed by atoms with van der Waals surface area (Å²) in [6.07, 6.45) is 4.74. The van der Waals surface area contributed by atoms with Crippen LogP contribution in [0.5, 0.6) is 5.75 Å². The van der Waals surface area contributed by atoms with Crippen LogP contribution >= 0.6 is 0 Å². The topological polar surface area (TPSA) is 73.3 Å². The van der Waals surface area contributed by atoms with Gasteiger partial charge in [-0.05, 0) is 33.6 Å². The second-order valence-electron chi connectivity index (χ2n) is 5.40. The molecule has 22 heavy (non-hydrogen) atoms. The summed E-state index contributed by atoms with van der Waals surface area (Å²) in [5.41, 5.74) is 0. The van der Waals surface area contributed by atoms with Crippen LogP contribution in [0.1, 0.15) is 52.3 Å². The van der Waals surface area contributed by atoms with Crippen LogP contribution in [-0.2, 0) is 9.53 Å². The predicted octanol–water partition coefficient (Wildman–Crippen LogP) is 3.11. The van der Waals surface area contributed by atoms with Gasteiger partial charge in [0.15, 0.2) is 11.6 Å². The minimum Gasteiger partial charge on any atom is -0.488 e. The monoisotopic (exact) mass is 309 g/mol. The minimum atomic E-state index is -0.194. The van der Waals surface area contributed by atoms with E-state index in [2.05, 4.69) is 22.2 Å². The van der Waals surface area contributed by atoms with Crippen LogP contribution in [0.4, 0.5) is 5.82 Å². The molecular weight excluding hydrogens is 282 g/mol. The molecule has 0 saturated heterocycles. The van der Waals surface area contributed by atoms with Crippen LogP contribution in [0, 0.1) is 6.92 Å². The summed E-state index contributed by atoms with van der Waals surface area (Å²) >= 11 is 0. The third-order valence-electron chi connectivity index (χ3n) is 2.85. The van der Waals surface area contributed by atoms with Gasteiger partial charge in [-0.3, -0.25) is 4.79 Å². The molecule has 124 valence electrons. The highest BCUT2D eigenvalue weighted by Crippen LogP contribution is 2.21. The number of nitrogens with one attached hydrogen (secondary N) is 1. The first-order valence-electron chi connectivity index (χ1n) is 7.92. The lowest BCUT2D eigenvalue weighted by atomic mass is 10.3. The summed E-state index contributed by atoms with van der Waals surface area (Å²) in [5.74, 6) is 1.84. The average Bonchev–Trinajstić information content (AvgIpc) is 2.45. The lowest BCUT2D eigenvalue weighted by Gasteiger charge is -2.12. The number of carbonyl (C=O) groups is 1. The van der Waals surface area contributed by atoms with Crippen LogP contribution in [-0.4, -0.2) is 35.2 Å². The van der Waals surface area contributed by atoms with Crippen LogP contribution in [0.15, 0.2) is 6.20 Å². The normalized spacial score (nSPS) is 10.6.